The first kappa shape index (κ1) is 11.2. The van der Waals surface area contributed by atoms with Gasteiger partial charge in [0.1, 0.15) is 5.52 Å². The highest BCUT2D eigenvalue weighted by Gasteiger charge is 2.20. The molecule has 1 fully saturated rings. The lowest BCUT2D eigenvalue weighted by Crippen LogP contribution is -2.31. The average Bonchev–Trinajstić information content (AvgIpc) is 2.75. The minimum atomic E-state index is -0.440. The molecule has 0 bridgehead atoms. The van der Waals surface area contributed by atoms with Gasteiger partial charge in [0.25, 0.3) is 0 Å². The van der Waals surface area contributed by atoms with E-state index in [9.17, 15) is 4.79 Å². The quantitative estimate of drug-likeness (QED) is 0.757. The van der Waals surface area contributed by atoms with Crippen LogP contribution in [0.3, 0.4) is 0 Å². The van der Waals surface area contributed by atoms with Crippen LogP contribution >= 0.6 is 0 Å². The van der Waals surface area contributed by atoms with Gasteiger partial charge in [0.15, 0.2) is 11.3 Å². The number of carbonyl (C=O) groups excluding carboxylic acids is 1. The summed E-state index contributed by atoms with van der Waals surface area (Å²) in [7, 11) is 1.34. The van der Waals surface area contributed by atoms with Crippen molar-refractivity contribution >= 4 is 17.1 Å². The molecular formula is C12H13N3O3. The second-order valence-electron chi connectivity index (χ2n) is 4.21. The van der Waals surface area contributed by atoms with Crippen molar-refractivity contribution in [3.63, 3.8) is 0 Å². The minimum Gasteiger partial charge on any atom is -0.464 e. The maximum atomic E-state index is 11.4. The van der Waals surface area contributed by atoms with E-state index in [4.69, 9.17) is 4.74 Å². The van der Waals surface area contributed by atoms with Gasteiger partial charge < -0.3 is 14.0 Å². The smallest absolute Gasteiger partial charge is 0.356 e. The van der Waals surface area contributed by atoms with Gasteiger partial charge in [-0.25, -0.2) is 14.8 Å². The standard InChI is InChI=1S/C12H13N3O3/c1-17-12(16)10-3-2-9-11(14-10)15(7-13-9)6-8-4-5-18-8/h2-3,7-8H,4-6H2,1H3/t8-/m0/s1. The molecule has 0 spiro atoms. The van der Waals surface area contributed by atoms with Crippen LogP contribution in [0.4, 0.5) is 0 Å². The van der Waals surface area contributed by atoms with Gasteiger partial charge in [-0.05, 0) is 18.6 Å². The molecule has 0 N–H and O–H groups in total. The Labute approximate surface area is 104 Å². The van der Waals surface area contributed by atoms with Crippen LogP contribution in [-0.4, -0.2) is 40.3 Å². The number of carbonyl (C=O) groups is 1. The minimum absolute atomic E-state index is 0.228. The lowest BCUT2D eigenvalue weighted by atomic mass is 10.2. The molecule has 3 heterocycles. The highest BCUT2D eigenvalue weighted by molar-refractivity contribution is 5.89. The Morgan fingerprint density at radius 1 is 1.61 bits per heavy atom. The van der Waals surface area contributed by atoms with Crippen molar-refractivity contribution in [2.75, 3.05) is 13.7 Å². The Bertz CT molecular complexity index is 589. The number of methoxy groups -OCH3 is 1. The summed E-state index contributed by atoms with van der Waals surface area (Å²) in [6.45, 7) is 1.53. The Hall–Kier alpha value is -1.95. The maximum absolute atomic E-state index is 11.4. The molecule has 2 aromatic heterocycles. The van der Waals surface area contributed by atoms with Crippen LogP contribution in [-0.2, 0) is 16.0 Å². The number of hydrogen-bond acceptors (Lipinski definition) is 5. The molecule has 1 aliphatic rings. The van der Waals surface area contributed by atoms with Crippen molar-refractivity contribution in [3.8, 4) is 0 Å². The van der Waals surface area contributed by atoms with Crippen LogP contribution in [0.5, 0.6) is 0 Å². The molecule has 0 radical (unpaired) electrons. The summed E-state index contributed by atoms with van der Waals surface area (Å²) in [5.41, 5.74) is 1.75. The molecule has 0 aliphatic carbocycles. The zero-order chi connectivity index (χ0) is 12.5. The Balaban J connectivity index is 1.96. The third-order valence-electron chi connectivity index (χ3n) is 3.05. The van der Waals surface area contributed by atoms with Gasteiger partial charge in [-0.3, -0.25) is 0 Å². The van der Waals surface area contributed by atoms with Crippen LogP contribution in [0, 0.1) is 0 Å². The molecule has 18 heavy (non-hydrogen) atoms. The largest absolute Gasteiger partial charge is 0.464 e. The van der Waals surface area contributed by atoms with E-state index in [2.05, 4.69) is 14.7 Å². The van der Waals surface area contributed by atoms with Crippen molar-refractivity contribution in [2.24, 2.45) is 0 Å². The van der Waals surface area contributed by atoms with Crippen molar-refractivity contribution in [1.29, 1.82) is 0 Å². The fourth-order valence-electron chi connectivity index (χ4n) is 1.94. The van der Waals surface area contributed by atoms with Gasteiger partial charge in [0, 0.05) is 6.61 Å². The van der Waals surface area contributed by atoms with Gasteiger partial charge in [-0.1, -0.05) is 0 Å². The molecule has 1 aliphatic heterocycles. The maximum Gasteiger partial charge on any atom is 0.356 e. The van der Waals surface area contributed by atoms with Crippen molar-refractivity contribution in [1.82, 2.24) is 14.5 Å². The predicted molar refractivity (Wildman–Crippen MR) is 63.2 cm³/mol. The van der Waals surface area contributed by atoms with E-state index in [1.54, 1.807) is 18.5 Å². The molecule has 1 saturated heterocycles. The van der Waals surface area contributed by atoms with Crippen molar-refractivity contribution < 1.29 is 14.3 Å². The van der Waals surface area contributed by atoms with E-state index in [0.717, 1.165) is 18.5 Å². The molecule has 6 nitrogen and oxygen atoms in total. The number of fused-ring (bicyclic) bond motifs is 1. The van der Waals surface area contributed by atoms with Gasteiger partial charge in [0.05, 0.1) is 26.1 Å². The fourth-order valence-corrected chi connectivity index (χ4v) is 1.94. The van der Waals surface area contributed by atoms with E-state index in [1.807, 2.05) is 4.57 Å². The fraction of sp³-hybridized carbons (Fsp3) is 0.417. The molecule has 94 valence electrons. The average molecular weight is 247 g/mol. The third-order valence-corrected chi connectivity index (χ3v) is 3.05. The Morgan fingerprint density at radius 2 is 2.44 bits per heavy atom. The highest BCUT2D eigenvalue weighted by Crippen LogP contribution is 2.17. The molecular weight excluding hydrogens is 234 g/mol. The third kappa shape index (κ3) is 1.84. The first-order valence-corrected chi connectivity index (χ1v) is 5.80. The Kier molecular flexibility index (Phi) is 2.71. The van der Waals surface area contributed by atoms with E-state index < -0.39 is 5.97 Å². The number of pyridine rings is 1. The van der Waals surface area contributed by atoms with Crippen LogP contribution in [0.2, 0.25) is 0 Å². The first-order chi connectivity index (χ1) is 8.78. The Morgan fingerprint density at radius 3 is 3.11 bits per heavy atom. The van der Waals surface area contributed by atoms with Crippen LogP contribution < -0.4 is 0 Å². The highest BCUT2D eigenvalue weighted by atomic mass is 16.5. The lowest BCUT2D eigenvalue weighted by molar-refractivity contribution is -0.0587. The number of ether oxygens (including phenoxy) is 2. The van der Waals surface area contributed by atoms with Crippen LogP contribution in [0.15, 0.2) is 18.5 Å². The summed E-state index contributed by atoms with van der Waals surface area (Å²) in [6.07, 6.45) is 3.00. The predicted octanol–water partition coefficient (Wildman–Crippen LogP) is 1.01. The van der Waals surface area contributed by atoms with Gasteiger partial charge >= 0.3 is 5.97 Å². The molecule has 6 heteroatoms. The number of hydrogen-bond donors (Lipinski definition) is 0. The zero-order valence-corrected chi connectivity index (χ0v) is 10.00. The second kappa shape index (κ2) is 4.38. The molecule has 0 unspecified atom stereocenters. The molecule has 0 amide bonds. The zero-order valence-electron chi connectivity index (χ0n) is 10.00. The number of rotatable bonds is 3. The molecule has 1 atom stereocenters. The van der Waals surface area contributed by atoms with E-state index in [-0.39, 0.29) is 6.10 Å². The van der Waals surface area contributed by atoms with Gasteiger partial charge in [-0.15, -0.1) is 0 Å². The molecule has 0 aromatic carbocycles. The number of esters is 1. The number of aromatic nitrogens is 3. The van der Waals surface area contributed by atoms with E-state index in [0.29, 0.717) is 17.9 Å². The second-order valence-corrected chi connectivity index (χ2v) is 4.21. The van der Waals surface area contributed by atoms with E-state index >= 15 is 0 Å². The summed E-state index contributed by atoms with van der Waals surface area (Å²) < 4.78 is 12.0. The molecule has 0 saturated carbocycles. The number of imidazole rings is 1. The molecule has 3 rings (SSSR count). The molecule has 2 aromatic rings. The van der Waals surface area contributed by atoms with Gasteiger partial charge in [0.2, 0.25) is 0 Å². The number of nitrogens with zero attached hydrogens (tertiary/aromatic N) is 3. The SMILES string of the molecule is COC(=O)c1ccc2ncn(C[C@@H]3CCO3)c2n1. The monoisotopic (exact) mass is 247 g/mol. The van der Waals surface area contributed by atoms with Crippen molar-refractivity contribution in [2.45, 2.75) is 19.1 Å². The normalized spacial score (nSPS) is 18.6. The van der Waals surface area contributed by atoms with Gasteiger partial charge in [-0.2, -0.15) is 0 Å². The summed E-state index contributed by atoms with van der Waals surface area (Å²) in [4.78, 5) is 20.0. The summed E-state index contributed by atoms with van der Waals surface area (Å²) in [5.74, 6) is -0.440. The van der Waals surface area contributed by atoms with Crippen LogP contribution in [0.1, 0.15) is 16.9 Å². The van der Waals surface area contributed by atoms with Crippen molar-refractivity contribution in [3.05, 3.63) is 24.2 Å². The van der Waals surface area contributed by atoms with E-state index in [1.165, 1.54) is 7.11 Å². The lowest BCUT2D eigenvalue weighted by Gasteiger charge is -2.26. The first-order valence-electron chi connectivity index (χ1n) is 5.80. The summed E-state index contributed by atoms with van der Waals surface area (Å²) >= 11 is 0. The summed E-state index contributed by atoms with van der Waals surface area (Å²) in [6, 6.07) is 3.39. The van der Waals surface area contributed by atoms with Crippen LogP contribution in [0.25, 0.3) is 11.2 Å². The topological polar surface area (TPSA) is 66.2 Å². The summed E-state index contributed by atoms with van der Waals surface area (Å²) in [5, 5.41) is 0.